The number of ketones is 1. The van der Waals surface area contributed by atoms with Gasteiger partial charge in [-0.3, -0.25) is 4.79 Å². The van der Waals surface area contributed by atoms with Gasteiger partial charge in [-0.05, 0) is 25.7 Å². The number of aryl methyl sites for hydroxylation is 1. The van der Waals surface area contributed by atoms with E-state index < -0.39 is 0 Å². The average molecular weight is 209 g/mol. The number of hydrogen-bond donors (Lipinski definition) is 0. The third-order valence-corrected chi connectivity index (χ3v) is 3.84. The summed E-state index contributed by atoms with van der Waals surface area (Å²) >= 11 is 1.56. The number of nitrogens with zero attached hydrogens (tertiary/aromatic N) is 1. The lowest BCUT2D eigenvalue weighted by atomic mass is 9.92. The van der Waals surface area contributed by atoms with E-state index in [4.69, 9.17) is 0 Å². The summed E-state index contributed by atoms with van der Waals surface area (Å²) in [5.41, 5.74) is 0.686. The standard InChI is InChI=1S/C11H15NOS/c1-7-4-3-5-9(7)11(13)10-6-14-8(2)12-10/h6-7,9H,3-5H2,1-2H3. The molecule has 2 nitrogen and oxygen atoms in total. The normalized spacial score (nSPS) is 26.7. The Balaban J connectivity index is 2.15. The Hall–Kier alpha value is -0.700. The van der Waals surface area contributed by atoms with Gasteiger partial charge in [0.1, 0.15) is 5.69 Å². The van der Waals surface area contributed by atoms with Crippen LogP contribution in [0.15, 0.2) is 5.38 Å². The Bertz CT molecular complexity index is 345. The van der Waals surface area contributed by atoms with Crippen LogP contribution in [-0.2, 0) is 0 Å². The van der Waals surface area contributed by atoms with Crippen LogP contribution in [0, 0.1) is 18.8 Å². The molecule has 1 aliphatic rings. The van der Waals surface area contributed by atoms with Crippen LogP contribution in [-0.4, -0.2) is 10.8 Å². The molecule has 1 aromatic rings. The van der Waals surface area contributed by atoms with Crippen LogP contribution in [0.4, 0.5) is 0 Å². The minimum Gasteiger partial charge on any atom is -0.292 e. The van der Waals surface area contributed by atoms with Crippen molar-refractivity contribution in [3.63, 3.8) is 0 Å². The van der Waals surface area contributed by atoms with E-state index in [1.807, 2.05) is 12.3 Å². The van der Waals surface area contributed by atoms with E-state index in [0.29, 0.717) is 11.6 Å². The van der Waals surface area contributed by atoms with Crippen LogP contribution in [0.3, 0.4) is 0 Å². The number of hydrogen-bond acceptors (Lipinski definition) is 3. The first kappa shape index (κ1) is 9.84. The second-order valence-electron chi connectivity index (χ2n) is 4.13. The molecule has 0 amide bonds. The zero-order valence-corrected chi connectivity index (χ0v) is 9.43. The second-order valence-corrected chi connectivity index (χ2v) is 5.19. The zero-order valence-electron chi connectivity index (χ0n) is 8.62. The fraction of sp³-hybridized carbons (Fsp3) is 0.636. The van der Waals surface area contributed by atoms with Crippen molar-refractivity contribution >= 4 is 17.1 Å². The lowest BCUT2D eigenvalue weighted by Gasteiger charge is -2.11. The van der Waals surface area contributed by atoms with Gasteiger partial charge < -0.3 is 0 Å². The predicted octanol–water partition coefficient (Wildman–Crippen LogP) is 3.07. The highest BCUT2D eigenvalue weighted by molar-refractivity contribution is 7.09. The number of carbonyl (C=O) groups is 1. The van der Waals surface area contributed by atoms with Gasteiger partial charge in [-0.1, -0.05) is 13.3 Å². The van der Waals surface area contributed by atoms with Crippen molar-refractivity contribution in [2.45, 2.75) is 33.1 Å². The van der Waals surface area contributed by atoms with Crippen molar-refractivity contribution in [1.29, 1.82) is 0 Å². The van der Waals surface area contributed by atoms with E-state index in [-0.39, 0.29) is 11.7 Å². The molecule has 14 heavy (non-hydrogen) atoms. The largest absolute Gasteiger partial charge is 0.292 e. The van der Waals surface area contributed by atoms with Gasteiger partial charge in [-0.2, -0.15) is 0 Å². The maximum absolute atomic E-state index is 12.0. The van der Waals surface area contributed by atoms with Crippen molar-refractivity contribution in [3.8, 4) is 0 Å². The smallest absolute Gasteiger partial charge is 0.185 e. The summed E-state index contributed by atoms with van der Waals surface area (Å²) in [7, 11) is 0. The molecule has 76 valence electrons. The van der Waals surface area contributed by atoms with Crippen LogP contribution < -0.4 is 0 Å². The Kier molecular flexibility index (Phi) is 2.68. The molecule has 0 aliphatic heterocycles. The third-order valence-electron chi connectivity index (χ3n) is 3.07. The van der Waals surface area contributed by atoms with Crippen LogP contribution in [0.1, 0.15) is 41.7 Å². The Morgan fingerprint density at radius 1 is 1.57 bits per heavy atom. The zero-order chi connectivity index (χ0) is 10.1. The fourth-order valence-corrected chi connectivity index (χ4v) is 2.80. The van der Waals surface area contributed by atoms with Gasteiger partial charge in [0.2, 0.25) is 0 Å². The van der Waals surface area contributed by atoms with E-state index in [1.54, 1.807) is 11.3 Å². The topological polar surface area (TPSA) is 30.0 Å². The molecule has 0 bridgehead atoms. The summed E-state index contributed by atoms with van der Waals surface area (Å²) < 4.78 is 0. The second kappa shape index (κ2) is 3.81. The van der Waals surface area contributed by atoms with E-state index in [1.165, 1.54) is 12.8 Å². The minimum atomic E-state index is 0.233. The lowest BCUT2D eigenvalue weighted by Crippen LogP contribution is -2.17. The van der Waals surface area contributed by atoms with Crippen LogP contribution in [0.5, 0.6) is 0 Å². The highest BCUT2D eigenvalue weighted by atomic mass is 32.1. The van der Waals surface area contributed by atoms with E-state index in [0.717, 1.165) is 11.4 Å². The SMILES string of the molecule is Cc1nc(C(=O)C2CCCC2C)cs1. The molecule has 0 radical (unpaired) electrons. The molecule has 0 saturated heterocycles. The maximum Gasteiger partial charge on any atom is 0.185 e. The molecule has 1 aromatic heterocycles. The lowest BCUT2D eigenvalue weighted by molar-refractivity contribution is 0.0892. The fourth-order valence-electron chi connectivity index (χ4n) is 2.20. The number of thiazole rings is 1. The van der Waals surface area contributed by atoms with Gasteiger partial charge in [0, 0.05) is 11.3 Å². The molecule has 3 heteroatoms. The summed E-state index contributed by atoms with van der Waals surface area (Å²) in [4.78, 5) is 16.3. The van der Waals surface area contributed by atoms with Crippen LogP contribution in [0.25, 0.3) is 0 Å². The molecule has 1 fully saturated rings. The first-order valence-corrected chi connectivity index (χ1v) is 6.03. The molecule has 1 aliphatic carbocycles. The first-order chi connectivity index (χ1) is 6.68. The number of aromatic nitrogens is 1. The van der Waals surface area contributed by atoms with E-state index in [2.05, 4.69) is 11.9 Å². The molecule has 1 saturated carbocycles. The highest BCUT2D eigenvalue weighted by Crippen LogP contribution is 2.33. The summed E-state index contributed by atoms with van der Waals surface area (Å²) in [5.74, 6) is 1.04. The van der Waals surface area contributed by atoms with Crippen LogP contribution >= 0.6 is 11.3 Å². The van der Waals surface area contributed by atoms with E-state index >= 15 is 0 Å². The monoisotopic (exact) mass is 209 g/mol. The molecule has 1 heterocycles. The quantitative estimate of drug-likeness (QED) is 0.701. The minimum absolute atomic E-state index is 0.233. The van der Waals surface area contributed by atoms with Gasteiger partial charge in [0.25, 0.3) is 0 Å². The molecular weight excluding hydrogens is 194 g/mol. The van der Waals surface area contributed by atoms with Gasteiger partial charge in [-0.15, -0.1) is 11.3 Å². The molecule has 2 atom stereocenters. The molecular formula is C11H15NOS. The summed E-state index contributed by atoms with van der Waals surface area (Å²) in [6.45, 7) is 4.12. The predicted molar refractivity (Wildman–Crippen MR) is 57.7 cm³/mol. The van der Waals surface area contributed by atoms with Gasteiger partial charge in [-0.25, -0.2) is 4.98 Å². The summed E-state index contributed by atoms with van der Waals surface area (Å²) in [6.07, 6.45) is 3.44. The van der Waals surface area contributed by atoms with Crippen molar-refractivity contribution < 1.29 is 4.79 Å². The molecule has 0 spiro atoms. The van der Waals surface area contributed by atoms with Crippen molar-refractivity contribution in [2.24, 2.45) is 11.8 Å². The van der Waals surface area contributed by atoms with E-state index in [9.17, 15) is 4.79 Å². The maximum atomic E-state index is 12.0. The molecule has 2 unspecified atom stereocenters. The van der Waals surface area contributed by atoms with Crippen LogP contribution in [0.2, 0.25) is 0 Å². The first-order valence-electron chi connectivity index (χ1n) is 5.15. The molecule has 0 aromatic carbocycles. The Morgan fingerprint density at radius 3 is 2.86 bits per heavy atom. The van der Waals surface area contributed by atoms with Crippen molar-refractivity contribution in [2.75, 3.05) is 0 Å². The Labute approximate surface area is 88.4 Å². The summed E-state index contributed by atoms with van der Waals surface area (Å²) in [6, 6.07) is 0. The number of carbonyl (C=O) groups excluding carboxylic acids is 1. The average Bonchev–Trinajstić information content (AvgIpc) is 2.73. The highest BCUT2D eigenvalue weighted by Gasteiger charge is 2.31. The molecule has 0 N–H and O–H groups in total. The van der Waals surface area contributed by atoms with Gasteiger partial charge in [0.15, 0.2) is 5.78 Å². The summed E-state index contributed by atoms with van der Waals surface area (Å²) in [5, 5.41) is 2.88. The molecule has 2 rings (SSSR count). The number of Topliss-reactive ketones (excluding diaryl/α,β-unsaturated/α-hetero) is 1. The van der Waals surface area contributed by atoms with Crippen molar-refractivity contribution in [1.82, 2.24) is 4.98 Å². The van der Waals surface area contributed by atoms with Gasteiger partial charge in [0.05, 0.1) is 5.01 Å². The number of rotatable bonds is 2. The van der Waals surface area contributed by atoms with Crippen molar-refractivity contribution in [3.05, 3.63) is 16.1 Å². The third kappa shape index (κ3) is 1.73. The van der Waals surface area contributed by atoms with Gasteiger partial charge >= 0.3 is 0 Å². The Morgan fingerprint density at radius 2 is 2.36 bits per heavy atom.